The first-order valence-electron chi connectivity index (χ1n) is 8.76. The van der Waals surface area contributed by atoms with Gasteiger partial charge in [-0.3, -0.25) is 4.90 Å². The Morgan fingerprint density at radius 1 is 0.960 bits per heavy atom. The summed E-state index contributed by atoms with van der Waals surface area (Å²) < 4.78 is 8.27. The van der Waals surface area contributed by atoms with Gasteiger partial charge in [0.25, 0.3) is 0 Å². The lowest BCUT2D eigenvalue weighted by molar-refractivity contribution is -0.00494. The molecule has 25 heavy (non-hydrogen) atoms. The second-order valence-corrected chi connectivity index (χ2v) is 6.79. The van der Waals surface area contributed by atoms with Gasteiger partial charge < -0.3 is 4.74 Å². The Labute approximate surface area is 146 Å². The van der Waals surface area contributed by atoms with Crippen molar-refractivity contribution in [1.29, 1.82) is 0 Å². The number of hydrogen-bond acceptors (Lipinski definition) is 4. The summed E-state index contributed by atoms with van der Waals surface area (Å²) in [5.74, 6) is 0. The molecule has 5 rings (SSSR count). The predicted octanol–water partition coefficient (Wildman–Crippen LogP) is 2.90. The molecule has 0 radical (unpaired) electrons. The van der Waals surface area contributed by atoms with Crippen LogP contribution in [0.1, 0.15) is 17.3 Å². The van der Waals surface area contributed by atoms with E-state index in [0.717, 1.165) is 36.6 Å². The van der Waals surface area contributed by atoms with Gasteiger partial charge in [0.15, 0.2) is 0 Å². The predicted molar refractivity (Wildman–Crippen MR) is 94.8 cm³/mol. The summed E-state index contributed by atoms with van der Waals surface area (Å²) in [5, 5.41) is 8.93. The van der Waals surface area contributed by atoms with Crippen molar-refractivity contribution in [3.05, 3.63) is 71.9 Å². The monoisotopic (exact) mass is 332 g/mol. The van der Waals surface area contributed by atoms with Gasteiger partial charge in [-0.25, -0.2) is 4.68 Å². The third-order valence-corrected chi connectivity index (χ3v) is 5.15. The first-order chi connectivity index (χ1) is 12.4. The topological polar surface area (TPSA) is 43.2 Å². The first kappa shape index (κ1) is 14.8. The molecule has 3 heterocycles. The van der Waals surface area contributed by atoms with Crippen molar-refractivity contribution in [2.45, 2.75) is 25.3 Å². The molecule has 0 aliphatic carbocycles. The first-order valence-corrected chi connectivity index (χ1v) is 8.76. The van der Waals surface area contributed by atoms with E-state index >= 15 is 0 Å². The molecule has 1 aromatic heterocycles. The van der Waals surface area contributed by atoms with Crippen LogP contribution in [0.2, 0.25) is 0 Å². The minimum Gasteiger partial charge on any atom is -0.368 e. The van der Waals surface area contributed by atoms with Crippen molar-refractivity contribution in [1.82, 2.24) is 19.9 Å². The Balaban J connectivity index is 1.40. The number of benzene rings is 2. The summed E-state index contributed by atoms with van der Waals surface area (Å²) in [4.78, 5) is 2.45. The van der Waals surface area contributed by atoms with Crippen LogP contribution in [0.3, 0.4) is 0 Å². The molecule has 1 fully saturated rings. The lowest BCUT2D eigenvalue weighted by atomic mass is 10.1. The van der Waals surface area contributed by atoms with Gasteiger partial charge in [-0.15, -0.1) is 5.10 Å². The number of rotatable bonds is 3. The molecule has 126 valence electrons. The zero-order valence-corrected chi connectivity index (χ0v) is 14.0. The van der Waals surface area contributed by atoms with Crippen LogP contribution in [0.5, 0.6) is 0 Å². The highest BCUT2D eigenvalue weighted by atomic mass is 16.5. The molecule has 0 N–H and O–H groups in total. The molecule has 2 atom stereocenters. The minimum absolute atomic E-state index is 0.196. The summed E-state index contributed by atoms with van der Waals surface area (Å²) >= 11 is 0. The maximum absolute atomic E-state index is 6.17. The molecular formula is C20H20N4O. The van der Waals surface area contributed by atoms with Crippen molar-refractivity contribution >= 4 is 0 Å². The zero-order chi connectivity index (χ0) is 16.6. The van der Waals surface area contributed by atoms with Crippen molar-refractivity contribution in [3.63, 3.8) is 0 Å². The van der Waals surface area contributed by atoms with Crippen LogP contribution in [-0.2, 0) is 17.9 Å². The van der Waals surface area contributed by atoms with Gasteiger partial charge in [-0.2, -0.15) is 0 Å². The van der Waals surface area contributed by atoms with E-state index in [1.807, 2.05) is 18.2 Å². The van der Waals surface area contributed by atoms with Gasteiger partial charge in [-0.1, -0.05) is 65.9 Å². The normalized spacial score (nSPS) is 22.6. The van der Waals surface area contributed by atoms with Crippen LogP contribution in [0.15, 0.2) is 60.7 Å². The lowest BCUT2D eigenvalue weighted by Crippen LogP contribution is -2.32. The van der Waals surface area contributed by atoms with Crippen molar-refractivity contribution in [2.75, 3.05) is 13.1 Å². The number of fused-ring (bicyclic) bond motifs is 3. The van der Waals surface area contributed by atoms with Crippen molar-refractivity contribution in [2.24, 2.45) is 0 Å². The summed E-state index contributed by atoms with van der Waals surface area (Å²) in [6.07, 6.45) is 0.196. The third-order valence-electron chi connectivity index (χ3n) is 5.15. The highest BCUT2D eigenvalue weighted by Gasteiger charge is 2.40. The van der Waals surface area contributed by atoms with E-state index in [-0.39, 0.29) is 12.1 Å². The van der Waals surface area contributed by atoms with E-state index < -0.39 is 0 Å². The largest absolute Gasteiger partial charge is 0.368 e. The van der Waals surface area contributed by atoms with E-state index in [1.54, 1.807) is 0 Å². The van der Waals surface area contributed by atoms with Crippen LogP contribution in [0.25, 0.3) is 11.3 Å². The SMILES string of the molecule is c1ccc(CN2CC3[C@@H](C2)OCc2c(-c4ccccc4)nnn23)cc1. The highest BCUT2D eigenvalue weighted by molar-refractivity contribution is 5.61. The second-order valence-electron chi connectivity index (χ2n) is 6.79. The number of hydrogen-bond donors (Lipinski definition) is 0. The smallest absolute Gasteiger partial charge is 0.118 e. The van der Waals surface area contributed by atoms with E-state index in [1.165, 1.54) is 5.56 Å². The van der Waals surface area contributed by atoms with Crippen molar-refractivity contribution < 1.29 is 4.74 Å². The molecule has 2 aromatic carbocycles. The van der Waals surface area contributed by atoms with Gasteiger partial charge in [0.1, 0.15) is 5.69 Å². The molecule has 5 nitrogen and oxygen atoms in total. The molecular weight excluding hydrogens is 312 g/mol. The van der Waals surface area contributed by atoms with E-state index in [9.17, 15) is 0 Å². The fourth-order valence-corrected chi connectivity index (χ4v) is 3.92. The van der Waals surface area contributed by atoms with Gasteiger partial charge in [0, 0.05) is 25.2 Å². The lowest BCUT2D eigenvalue weighted by Gasteiger charge is -2.26. The number of nitrogens with zero attached hydrogens (tertiary/aromatic N) is 4. The summed E-state index contributed by atoms with van der Waals surface area (Å²) in [6.45, 7) is 3.42. The van der Waals surface area contributed by atoms with E-state index in [0.29, 0.717) is 6.61 Å². The Kier molecular flexibility index (Phi) is 3.61. The maximum atomic E-state index is 6.17. The average Bonchev–Trinajstić information content (AvgIpc) is 3.26. The number of likely N-dealkylation sites (tertiary alicyclic amines) is 1. The number of aromatic nitrogens is 3. The molecule has 2 aliphatic heterocycles. The quantitative estimate of drug-likeness (QED) is 0.740. The van der Waals surface area contributed by atoms with Crippen LogP contribution in [0, 0.1) is 0 Å². The summed E-state index contributed by atoms with van der Waals surface area (Å²) in [5.41, 5.74) is 4.48. The molecule has 1 unspecified atom stereocenters. The Hall–Kier alpha value is -2.50. The summed E-state index contributed by atoms with van der Waals surface area (Å²) in [6, 6.07) is 21.1. The zero-order valence-electron chi connectivity index (χ0n) is 14.0. The fourth-order valence-electron chi connectivity index (χ4n) is 3.92. The molecule has 0 amide bonds. The van der Waals surface area contributed by atoms with Crippen LogP contribution in [0.4, 0.5) is 0 Å². The molecule has 0 saturated carbocycles. The van der Waals surface area contributed by atoms with Crippen LogP contribution >= 0.6 is 0 Å². The van der Waals surface area contributed by atoms with E-state index in [4.69, 9.17) is 4.74 Å². The Morgan fingerprint density at radius 2 is 1.72 bits per heavy atom. The molecule has 3 aromatic rings. The summed E-state index contributed by atoms with van der Waals surface area (Å²) in [7, 11) is 0. The Morgan fingerprint density at radius 3 is 2.52 bits per heavy atom. The van der Waals surface area contributed by atoms with E-state index in [2.05, 4.69) is 62.4 Å². The van der Waals surface area contributed by atoms with Gasteiger partial charge in [0.2, 0.25) is 0 Å². The van der Waals surface area contributed by atoms with Gasteiger partial charge in [0.05, 0.1) is 24.4 Å². The number of ether oxygens (including phenoxy) is 1. The maximum Gasteiger partial charge on any atom is 0.118 e. The minimum atomic E-state index is 0.196. The van der Waals surface area contributed by atoms with Gasteiger partial charge >= 0.3 is 0 Å². The van der Waals surface area contributed by atoms with Gasteiger partial charge in [-0.05, 0) is 5.56 Å². The third kappa shape index (κ3) is 2.65. The van der Waals surface area contributed by atoms with Crippen LogP contribution in [-0.4, -0.2) is 39.1 Å². The molecule has 0 bridgehead atoms. The fraction of sp³-hybridized carbons (Fsp3) is 0.300. The average molecular weight is 332 g/mol. The highest BCUT2D eigenvalue weighted by Crippen LogP contribution is 2.34. The second kappa shape index (κ2) is 6.10. The van der Waals surface area contributed by atoms with Crippen molar-refractivity contribution in [3.8, 4) is 11.3 Å². The standard InChI is InChI=1S/C20H20N4O/c1-3-7-15(8-4-1)11-23-12-17-19(13-23)25-14-18-20(21-22-24(17)18)16-9-5-2-6-10-16/h1-10,17,19H,11-14H2/t17?,19-/m1/s1. The van der Waals surface area contributed by atoms with Crippen LogP contribution < -0.4 is 0 Å². The molecule has 1 saturated heterocycles. The molecule has 5 heteroatoms. The Bertz CT molecular complexity index is 862. The molecule has 2 aliphatic rings. The molecule has 0 spiro atoms.